The third-order valence-corrected chi connectivity index (χ3v) is 1.00. The highest BCUT2D eigenvalue weighted by Crippen LogP contribution is 2.04. The van der Waals surface area contributed by atoms with E-state index in [4.69, 9.17) is 15.5 Å². The van der Waals surface area contributed by atoms with E-state index in [1.807, 2.05) is 0 Å². The van der Waals surface area contributed by atoms with Crippen molar-refractivity contribution >= 4 is 5.97 Å². The largest absolute Gasteiger partial charge is 0.499 e. The first-order valence-corrected chi connectivity index (χ1v) is 2.69. The Balaban J connectivity index is 4.68. The van der Waals surface area contributed by atoms with E-state index in [1.165, 1.54) is 6.07 Å². The van der Waals surface area contributed by atoms with Crippen LogP contribution < -0.4 is 0 Å². The summed E-state index contributed by atoms with van der Waals surface area (Å²) in [6.45, 7) is 1.55. The Kier molecular flexibility index (Phi) is 2.98. The molecule has 0 amide bonds. The lowest BCUT2D eigenvalue weighted by Gasteiger charge is -1.94. The molecule has 2 N–H and O–H groups in total. The van der Waals surface area contributed by atoms with E-state index in [1.54, 1.807) is 6.92 Å². The molecule has 4 nitrogen and oxygen atoms in total. The summed E-state index contributed by atoms with van der Waals surface area (Å²) in [6, 6.07) is 1.35. The summed E-state index contributed by atoms with van der Waals surface area (Å²) in [5.41, 5.74) is -0.248. The second-order valence-corrected chi connectivity index (χ2v) is 1.60. The minimum absolute atomic E-state index is 0.148. The van der Waals surface area contributed by atoms with E-state index in [0.29, 0.717) is 0 Å². The molecule has 0 aliphatic heterocycles. The summed E-state index contributed by atoms with van der Waals surface area (Å²) < 4.78 is 0. The molecule has 0 heterocycles. The Labute approximate surface area is 58.0 Å². The number of nitrogens with zero attached hydrogens (tertiary/aromatic N) is 1. The fraction of sp³-hybridized carbons (Fsp3) is 0.333. The molecule has 54 valence electrons. The summed E-state index contributed by atoms with van der Waals surface area (Å²) in [5, 5.41) is 25.0. The molecule has 0 bridgehead atoms. The highest BCUT2D eigenvalue weighted by molar-refractivity contribution is 5.87. The zero-order chi connectivity index (χ0) is 8.15. The molecule has 0 aliphatic carbocycles. The Morgan fingerprint density at radius 3 is 2.20 bits per heavy atom. The molecule has 0 aromatic heterocycles. The van der Waals surface area contributed by atoms with Crippen LogP contribution >= 0.6 is 0 Å². The zero-order valence-electron chi connectivity index (χ0n) is 5.46. The van der Waals surface area contributed by atoms with Crippen molar-refractivity contribution in [3.8, 4) is 6.07 Å². The molecule has 0 aromatic rings. The minimum Gasteiger partial charge on any atom is -0.499 e. The molecule has 0 rings (SSSR count). The van der Waals surface area contributed by atoms with Gasteiger partial charge in [-0.3, -0.25) is 0 Å². The molecule has 0 radical (unpaired) electrons. The third kappa shape index (κ3) is 1.78. The maximum Gasteiger partial charge on any atom is 0.336 e. The number of aliphatic hydroxyl groups excluding tert-OH is 1. The molecule has 0 spiro atoms. The van der Waals surface area contributed by atoms with Crippen LogP contribution in [-0.2, 0) is 4.79 Å². The van der Waals surface area contributed by atoms with Crippen molar-refractivity contribution in [3.05, 3.63) is 11.3 Å². The monoisotopic (exact) mass is 141 g/mol. The van der Waals surface area contributed by atoms with Crippen LogP contribution in [0.25, 0.3) is 0 Å². The van der Waals surface area contributed by atoms with E-state index in [2.05, 4.69) is 0 Å². The normalized spacial score (nSPS) is 11.6. The van der Waals surface area contributed by atoms with Gasteiger partial charge in [0.05, 0.1) is 5.57 Å². The molecule has 0 aliphatic rings. The van der Waals surface area contributed by atoms with Crippen LogP contribution in [0.3, 0.4) is 0 Å². The van der Waals surface area contributed by atoms with Gasteiger partial charge in [-0.25, -0.2) is 4.79 Å². The second-order valence-electron chi connectivity index (χ2n) is 1.60. The lowest BCUT2D eigenvalue weighted by Crippen LogP contribution is -2.02. The zero-order valence-corrected chi connectivity index (χ0v) is 5.46. The summed E-state index contributed by atoms with van der Waals surface area (Å²) in [6.07, 6.45) is 0.148. The number of nitriles is 1. The van der Waals surface area contributed by atoms with Crippen molar-refractivity contribution in [1.82, 2.24) is 0 Å². The van der Waals surface area contributed by atoms with Gasteiger partial charge in [0.25, 0.3) is 0 Å². The molecule has 0 atom stereocenters. The van der Waals surface area contributed by atoms with Gasteiger partial charge in [-0.15, -0.1) is 0 Å². The maximum atomic E-state index is 10.2. The van der Waals surface area contributed by atoms with Gasteiger partial charge in [0.2, 0.25) is 5.76 Å². The highest BCUT2D eigenvalue weighted by Gasteiger charge is 2.10. The topological polar surface area (TPSA) is 81.3 Å². The maximum absolute atomic E-state index is 10.2. The molecular weight excluding hydrogens is 134 g/mol. The average Bonchev–Trinajstić information content (AvgIpc) is 1.88. The number of carbonyl (C=O) groups is 1. The van der Waals surface area contributed by atoms with Gasteiger partial charge >= 0.3 is 5.97 Å². The Bertz CT molecular complexity index is 212. The van der Waals surface area contributed by atoms with Crippen LogP contribution in [0, 0.1) is 11.3 Å². The van der Waals surface area contributed by atoms with Crippen LogP contribution in [0.1, 0.15) is 13.3 Å². The first kappa shape index (κ1) is 8.50. The average molecular weight is 141 g/mol. The van der Waals surface area contributed by atoms with E-state index < -0.39 is 11.7 Å². The molecular formula is C6H7NO3. The van der Waals surface area contributed by atoms with E-state index >= 15 is 0 Å². The SMILES string of the molecule is CCC(C(=O)O)=C(O)C#N. The molecule has 0 unspecified atom stereocenters. The predicted molar refractivity (Wildman–Crippen MR) is 33.2 cm³/mol. The third-order valence-electron chi connectivity index (χ3n) is 1.00. The number of hydrogen-bond acceptors (Lipinski definition) is 3. The van der Waals surface area contributed by atoms with Gasteiger partial charge in [-0.05, 0) is 6.42 Å². The van der Waals surface area contributed by atoms with E-state index in [9.17, 15) is 4.79 Å². The molecule has 4 heteroatoms. The van der Waals surface area contributed by atoms with Crippen LogP contribution in [-0.4, -0.2) is 16.2 Å². The summed E-state index contributed by atoms with van der Waals surface area (Å²) >= 11 is 0. The number of carboxylic acids is 1. The van der Waals surface area contributed by atoms with Crippen LogP contribution in [0.5, 0.6) is 0 Å². The number of allylic oxidation sites excluding steroid dienone is 1. The number of aliphatic carboxylic acids is 1. The second kappa shape index (κ2) is 3.51. The first-order valence-electron chi connectivity index (χ1n) is 2.69. The molecule has 0 saturated heterocycles. The fourth-order valence-corrected chi connectivity index (χ4v) is 0.487. The lowest BCUT2D eigenvalue weighted by molar-refractivity contribution is -0.132. The molecule has 0 saturated carbocycles. The lowest BCUT2D eigenvalue weighted by atomic mass is 10.2. The smallest absolute Gasteiger partial charge is 0.336 e. The van der Waals surface area contributed by atoms with Crippen molar-refractivity contribution < 1.29 is 15.0 Å². The number of aliphatic hydroxyl groups is 1. The predicted octanol–water partition coefficient (Wildman–Crippen LogP) is 0.817. The van der Waals surface area contributed by atoms with Crippen molar-refractivity contribution in [1.29, 1.82) is 5.26 Å². The van der Waals surface area contributed by atoms with Gasteiger partial charge in [0.15, 0.2) is 0 Å². The van der Waals surface area contributed by atoms with Gasteiger partial charge in [-0.1, -0.05) is 6.92 Å². The Morgan fingerprint density at radius 1 is 1.60 bits per heavy atom. The number of rotatable bonds is 2. The van der Waals surface area contributed by atoms with Crippen LogP contribution in [0.15, 0.2) is 11.3 Å². The Hall–Kier alpha value is -1.50. The van der Waals surface area contributed by atoms with Crippen molar-refractivity contribution in [2.45, 2.75) is 13.3 Å². The first-order chi connectivity index (χ1) is 4.63. The van der Waals surface area contributed by atoms with Crippen LogP contribution in [0.4, 0.5) is 0 Å². The summed E-state index contributed by atoms with van der Waals surface area (Å²) in [4.78, 5) is 10.2. The molecule has 10 heavy (non-hydrogen) atoms. The van der Waals surface area contributed by atoms with Gasteiger partial charge in [-0.2, -0.15) is 5.26 Å². The van der Waals surface area contributed by atoms with E-state index in [-0.39, 0.29) is 12.0 Å². The van der Waals surface area contributed by atoms with Crippen molar-refractivity contribution in [2.75, 3.05) is 0 Å². The van der Waals surface area contributed by atoms with Gasteiger partial charge in [0, 0.05) is 0 Å². The van der Waals surface area contributed by atoms with Crippen molar-refractivity contribution in [2.24, 2.45) is 0 Å². The van der Waals surface area contributed by atoms with Crippen molar-refractivity contribution in [3.63, 3.8) is 0 Å². The fourth-order valence-electron chi connectivity index (χ4n) is 0.487. The summed E-state index contributed by atoms with van der Waals surface area (Å²) in [7, 11) is 0. The Morgan fingerprint density at radius 2 is 2.10 bits per heavy atom. The van der Waals surface area contributed by atoms with Gasteiger partial charge in [0.1, 0.15) is 6.07 Å². The minimum atomic E-state index is -1.25. The number of hydrogen-bond donors (Lipinski definition) is 2. The van der Waals surface area contributed by atoms with Crippen LogP contribution in [0.2, 0.25) is 0 Å². The molecule has 0 aromatic carbocycles. The highest BCUT2D eigenvalue weighted by atomic mass is 16.4. The molecule has 0 fully saturated rings. The summed E-state index contributed by atoms with van der Waals surface area (Å²) in [5.74, 6) is -1.96. The quantitative estimate of drug-likeness (QED) is 0.258. The number of carboxylic acid groups (broad SMARTS) is 1. The standard InChI is InChI=1S/C6H7NO3/c1-2-4(6(9)10)5(8)3-7/h8H,2H2,1H3,(H,9,10). The van der Waals surface area contributed by atoms with Gasteiger partial charge < -0.3 is 10.2 Å². The van der Waals surface area contributed by atoms with E-state index in [0.717, 1.165) is 0 Å².